The fraction of sp³-hybridized carbons (Fsp3) is 0.833. The number of hydrogen-bond donors (Lipinski definition) is 4. The molecule has 8 heteroatoms. The predicted octanol–water partition coefficient (Wildman–Crippen LogP) is 0.0116. The molecular weight excluding hydrogens is 273 g/mol. The molecule has 2 heterocycles. The number of carbonyl (C=O) groups is 1. The summed E-state index contributed by atoms with van der Waals surface area (Å²) in [6, 6.07) is 0. The molecule has 5 nitrogen and oxygen atoms in total. The number of amidine groups is 1. The Bertz CT molecular complexity index is 476. The van der Waals surface area contributed by atoms with Crippen LogP contribution in [-0.2, 0) is 4.79 Å². The Hall–Kier alpha value is -1.15. The van der Waals surface area contributed by atoms with Crippen molar-refractivity contribution in [1.82, 2.24) is 10.6 Å². The number of hydrogen-bond acceptors (Lipinski definition) is 4. The third-order valence-corrected chi connectivity index (χ3v) is 4.99. The van der Waals surface area contributed by atoms with Crippen molar-refractivity contribution in [2.24, 2.45) is 23.0 Å². The summed E-state index contributed by atoms with van der Waals surface area (Å²) in [6.07, 6.45) is -3.64. The van der Waals surface area contributed by atoms with Crippen LogP contribution in [0.25, 0.3) is 0 Å². The molecule has 2 saturated heterocycles. The van der Waals surface area contributed by atoms with Gasteiger partial charge < -0.3 is 11.1 Å². The molecule has 0 aromatic carbocycles. The maximum absolute atomic E-state index is 13.7. The van der Waals surface area contributed by atoms with E-state index in [-0.39, 0.29) is 25.5 Å². The van der Waals surface area contributed by atoms with E-state index in [0.29, 0.717) is 12.8 Å². The van der Waals surface area contributed by atoms with E-state index in [1.807, 2.05) is 0 Å². The maximum Gasteiger partial charge on any atom is 0.414 e. The van der Waals surface area contributed by atoms with Crippen molar-refractivity contribution in [2.75, 3.05) is 19.6 Å². The van der Waals surface area contributed by atoms with Gasteiger partial charge in [-0.15, -0.1) is 0 Å². The first-order valence-corrected chi connectivity index (χ1v) is 6.67. The Kier molecular flexibility index (Phi) is 2.72. The molecule has 3 rings (SSSR count). The van der Waals surface area contributed by atoms with E-state index in [9.17, 15) is 18.0 Å². The lowest BCUT2D eigenvalue weighted by Gasteiger charge is -2.59. The van der Waals surface area contributed by atoms with Crippen molar-refractivity contribution in [3.8, 4) is 0 Å². The van der Waals surface area contributed by atoms with Crippen LogP contribution >= 0.6 is 0 Å². The van der Waals surface area contributed by atoms with Gasteiger partial charge in [0.1, 0.15) is 0 Å². The fourth-order valence-electron chi connectivity index (χ4n) is 3.74. The van der Waals surface area contributed by atoms with Crippen molar-refractivity contribution in [2.45, 2.75) is 24.6 Å². The Labute approximate surface area is 114 Å². The lowest BCUT2D eigenvalue weighted by Crippen LogP contribution is -2.85. The number of carbonyl (C=O) groups excluding carboxylic acids is 1. The molecule has 0 bridgehead atoms. The predicted molar refractivity (Wildman–Crippen MR) is 65.2 cm³/mol. The molecule has 1 saturated carbocycles. The lowest BCUT2D eigenvalue weighted by atomic mass is 9.54. The highest BCUT2D eigenvalue weighted by atomic mass is 19.4. The number of alkyl halides is 3. The quantitative estimate of drug-likeness (QED) is 0.435. The van der Waals surface area contributed by atoms with E-state index in [4.69, 9.17) is 11.1 Å². The zero-order valence-corrected chi connectivity index (χ0v) is 10.8. The average molecular weight is 290 g/mol. The monoisotopic (exact) mass is 290 g/mol. The third-order valence-electron chi connectivity index (χ3n) is 4.99. The largest absolute Gasteiger partial charge is 0.414 e. The SMILES string of the molecule is N=C(N)C1CNCC12CNC2(C(=O)C1CC1)C(F)(F)F. The Morgan fingerprint density at radius 3 is 2.35 bits per heavy atom. The number of nitrogens with two attached hydrogens (primary N) is 1. The smallest absolute Gasteiger partial charge is 0.387 e. The molecule has 0 aromatic rings. The van der Waals surface area contributed by atoms with E-state index < -0.39 is 34.7 Å². The highest BCUT2D eigenvalue weighted by Crippen LogP contribution is 2.58. The van der Waals surface area contributed by atoms with Gasteiger partial charge in [0.25, 0.3) is 0 Å². The van der Waals surface area contributed by atoms with Crippen LogP contribution in [0.1, 0.15) is 12.8 Å². The van der Waals surface area contributed by atoms with Gasteiger partial charge in [-0.25, -0.2) is 0 Å². The van der Waals surface area contributed by atoms with Crippen molar-refractivity contribution in [3.05, 3.63) is 0 Å². The van der Waals surface area contributed by atoms with Gasteiger partial charge in [0.2, 0.25) is 0 Å². The third kappa shape index (κ3) is 1.46. The second-order valence-corrected chi connectivity index (χ2v) is 6.03. The highest BCUT2D eigenvalue weighted by molar-refractivity contribution is 5.97. The van der Waals surface area contributed by atoms with Gasteiger partial charge in [0, 0.05) is 36.9 Å². The molecule has 2 aliphatic heterocycles. The fourth-order valence-corrected chi connectivity index (χ4v) is 3.74. The van der Waals surface area contributed by atoms with Crippen LogP contribution < -0.4 is 16.4 Å². The lowest BCUT2D eigenvalue weighted by molar-refractivity contribution is -0.256. The minimum atomic E-state index is -4.68. The van der Waals surface area contributed by atoms with Crippen molar-refractivity contribution < 1.29 is 18.0 Å². The van der Waals surface area contributed by atoms with Gasteiger partial charge in [-0.1, -0.05) is 0 Å². The minimum Gasteiger partial charge on any atom is -0.387 e. The number of halogens is 3. The topological polar surface area (TPSA) is 91.0 Å². The summed E-state index contributed by atoms with van der Waals surface area (Å²) in [5.41, 5.74) is 1.58. The van der Waals surface area contributed by atoms with Gasteiger partial charge in [0.15, 0.2) is 11.3 Å². The second kappa shape index (κ2) is 3.94. The zero-order chi connectivity index (χ0) is 14.8. The number of nitrogens with one attached hydrogen (secondary N) is 3. The first kappa shape index (κ1) is 13.8. The standard InChI is InChI=1S/C12H17F3N4O/c13-12(14,15)11(8(20)6-1-2-6)10(5-19-11)4-18-3-7(10)9(16)17/h6-7,18-19H,1-5H2,(H3,16,17). The molecule has 3 unspecified atom stereocenters. The number of rotatable bonds is 3. The first-order valence-electron chi connectivity index (χ1n) is 6.67. The van der Waals surface area contributed by atoms with Crippen molar-refractivity contribution in [3.63, 3.8) is 0 Å². The van der Waals surface area contributed by atoms with E-state index in [1.165, 1.54) is 0 Å². The van der Waals surface area contributed by atoms with Crippen LogP contribution in [0.5, 0.6) is 0 Å². The van der Waals surface area contributed by atoms with Crippen LogP contribution in [0.4, 0.5) is 13.2 Å². The van der Waals surface area contributed by atoms with E-state index in [2.05, 4.69) is 10.6 Å². The highest BCUT2D eigenvalue weighted by Gasteiger charge is 2.80. The molecule has 20 heavy (non-hydrogen) atoms. The summed E-state index contributed by atoms with van der Waals surface area (Å²) in [4.78, 5) is 12.4. The van der Waals surface area contributed by atoms with E-state index >= 15 is 0 Å². The van der Waals surface area contributed by atoms with Gasteiger partial charge in [-0.2, -0.15) is 13.2 Å². The van der Waals surface area contributed by atoms with Crippen LogP contribution in [-0.4, -0.2) is 43.0 Å². The second-order valence-electron chi connectivity index (χ2n) is 6.03. The molecule has 0 amide bonds. The molecule has 0 radical (unpaired) electrons. The van der Waals surface area contributed by atoms with Gasteiger partial charge in [-0.3, -0.25) is 15.5 Å². The molecule has 112 valence electrons. The van der Waals surface area contributed by atoms with Crippen LogP contribution in [0.2, 0.25) is 0 Å². The Morgan fingerprint density at radius 1 is 1.30 bits per heavy atom. The number of ketones is 1. The molecule has 1 aliphatic carbocycles. The van der Waals surface area contributed by atoms with Crippen molar-refractivity contribution >= 4 is 11.6 Å². The molecule has 3 fully saturated rings. The molecular formula is C12H17F3N4O. The molecule has 0 aromatic heterocycles. The zero-order valence-electron chi connectivity index (χ0n) is 10.8. The van der Waals surface area contributed by atoms with Gasteiger partial charge >= 0.3 is 6.18 Å². The maximum atomic E-state index is 13.7. The molecule has 5 N–H and O–H groups in total. The van der Waals surface area contributed by atoms with Crippen LogP contribution in [0.3, 0.4) is 0 Å². The summed E-state index contributed by atoms with van der Waals surface area (Å²) in [6.45, 7) is 0.331. The Balaban J connectivity index is 2.06. The summed E-state index contributed by atoms with van der Waals surface area (Å²) >= 11 is 0. The van der Waals surface area contributed by atoms with Crippen LogP contribution in [0.15, 0.2) is 0 Å². The van der Waals surface area contributed by atoms with Gasteiger partial charge in [0.05, 0.1) is 5.84 Å². The summed E-state index contributed by atoms with van der Waals surface area (Å²) in [7, 11) is 0. The normalized spacial score (nSPS) is 40.6. The average Bonchev–Trinajstić information content (AvgIpc) is 3.03. The Morgan fingerprint density at radius 2 is 1.95 bits per heavy atom. The van der Waals surface area contributed by atoms with E-state index in [1.54, 1.807) is 0 Å². The van der Waals surface area contributed by atoms with Crippen molar-refractivity contribution in [1.29, 1.82) is 5.41 Å². The number of Topliss-reactive ketones (excluding diaryl/α,β-unsaturated/α-hetero) is 1. The molecule has 3 atom stereocenters. The summed E-state index contributed by atoms with van der Waals surface area (Å²) < 4.78 is 41.1. The molecule has 1 spiro atoms. The van der Waals surface area contributed by atoms with E-state index in [0.717, 1.165) is 0 Å². The van der Waals surface area contributed by atoms with Crippen LogP contribution in [0, 0.1) is 22.7 Å². The summed E-state index contributed by atoms with van der Waals surface area (Å²) in [5, 5.41) is 12.8. The first-order chi connectivity index (χ1) is 9.26. The summed E-state index contributed by atoms with van der Waals surface area (Å²) in [5.74, 6) is -2.32. The molecule has 3 aliphatic rings. The minimum absolute atomic E-state index is 0.0578. The van der Waals surface area contributed by atoms with Gasteiger partial charge in [-0.05, 0) is 12.8 Å².